The van der Waals surface area contributed by atoms with E-state index < -0.39 is 17.5 Å². The zero-order chi connectivity index (χ0) is 13.6. The van der Waals surface area contributed by atoms with Crippen molar-refractivity contribution in [1.82, 2.24) is 9.55 Å². The molecule has 6 heteroatoms. The van der Waals surface area contributed by atoms with Crippen molar-refractivity contribution < 1.29 is 13.2 Å². The number of imidazole rings is 1. The monoisotopic (exact) mass is 267 g/mol. The zero-order valence-corrected chi connectivity index (χ0v) is 10.1. The summed E-state index contributed by atoms with van der Waals surface area (Å²) >= 11 is 0. The first-order valence-corrected chi connectivity index (χ1v) is 6.07. The van der Waals surface area contributed by atoms with Crippen LogP contribution < -0.4 is 5.73 Å². The van der Waals surface area contributed by atoms with Crippen molar-refractivity contribution in [3.63, 3.8) is 0 Å². The van der Waals surface area contributed by atoms with Crippen molar-refractivity contribution in [1.29, 1.82) is 0 Å². The van der Waals surface area contributed by atoms with Crippen molar-refractivity contribution in [3.05, 3.63) is 35.4 Å². The fraction of sp³-hybridized carbons (Fsp3) is 0.308. The van der Waals surface area contributed by atoms with Gasteiger partial charge in [0.1, 0.15) is 23.2 Å². The minimum atomic E-state index is -1.22. The van der Waals surface area contributed by atoms with Crippen LogP contribution >= 0.6 is 0 Å². The Morgan fingerprint density at radius 3 is 2.53 bits per heavy atom. The molecule has 1 aliphatic heterocycles. The number of hydrogen-bond donors (Lipinski definition) is 1. The van der Waals surface area contributed by atoms with Crippen molar-refractivity contribution in [3.8, 4) is 11.3 Å². The highest BCUT2D eigenvalue weighted by Gasteiger charge is 2.22. The molecule has 0 amide bonds. The van der Waals surface area contributed by atoms with E-state index in [1.54, 1.807) is 4.57 Å². The van der Waals surface area contributed by atoms with Gasteiger partial charge in [0.15, 0.2) is 11.6 Å². The van der Waals surface area contributed by atoms with Gasteiger partial charge >= 0.3 is 0 Å². The quantitative estimate of drug-likeness (QED) is 0.807. The molecule has 0 fully saturated rings. The molecule has 2 aromatic rings. The Morgan fingerprint density at radius 1 is 1.05 bits per heavy atom. The van der Waals surface area contributed by atoms with E-state index in [-0.39, 0.29) is 11.3 Å². The highest BCUT2D eigenvalue weighted by Crippen LogP contribution is 2.32. The predicted octanol–water partition coefficient (Wildman–Crippen LogP) is 2.89. The maximum Gasteiger partial charge on any atom is 0.161 e. The lowest BCUT2D eigenvalue weighted by molar-refractivity contribution is 0.496. The second-order valence-electron chi connectivity index (χ2n) is 4.62. The van der Waals surface area contributed by atoms with Crippen molar-refractivity contribution in [2.75, 3.05) is 5.73 Å². The molecule has 0 spiro atoms. The number of hydrogen-bond acceptors (Lipinski definition) is 2. The van der Waals surface area contributed by atoms with Crippen LogP contribution in [-0.2, 0) is 13.0 Å². The van der Waals surface area contributed by atoms with E-state index in [1.165, 1.54) is 0 Å². The van der Waals surface area contributed by atoms with Gasteiger partial charge < -0.3 is 10.3 Å². The molecule has 2 N–H and O–H groups in total. The number of anilines is 1. The molecule has 3 nitrogen and oxygen atoms in total. The zero-order valence-electron chi connectivity index (χ0n) is 10.1. The average Bonchev–Trinajstić information content (AvgIpc) is 2.72. The summed E-state index contributed by atoms with van der Waals surface area (Å²) in [7, 11) is 0. The third-order valence-electron chi connectivity index (χ3n) is 3.38. The standard InChI is InChI=1S/C13H12F3N3/c14-8-6-10(16)9(15)5-7(8)12-13(17)19-4-2-1-3-11(19)18-12/h5-6H,1-4,17H2. The third-order valence-corrected chi connectivity index (χ3v) is 3.38. The lowest BCUT2D eigenvalue weighted by atomic mass is 10.1. The van der Waals surface area contributed by atoms with Crippen LogP contribution in [0.25, 0.3) is 11.3 Å². The molecule has 1 aromatic carbocycles. The molecule has 2 heterocycles. The number of rotatable bonds is 1. The lowest BCUT2D eigenvalue weighted by Gasteiger charge is -2.14. The van der Waals surface area contributed by atoms with Crippen LogP contribution in [-0.4, -0.2) is 9.55 Å². The molecule has 0 saturated carbocycles. The highest BCUT2D eigenvalue weighted by molar-refractivity contribution is 5.71. The molecule has 0 saturated heterocycles. The number of benzene rings is 1. The second-order valence-corrected chi connectivity index (χ2v) is 4.62. The molecule has 1 aromatic heterocycles. The van der Waals surface area contributed by atoms with Gasteiger partial charge in [-0.2, -0.15) is 0 Å². The molecule has 19 heavy (non-hydrogen) atoms. The van der Waals surface area contributed by atoms with E-state index >= 15 is 0 Å². The summed E-state index contributed by atoms with van der Waals surface area (Å²) in [6.07, 6.45) is 2.74. The first kappa shape index (κ1) is 12.1. The Balaban J connectivity index is 2.17. The second kappa shape index (κ2) is 4.29. The van der Waals surface area contributed by atoms with Crippen LogP contribution in [0.4, 0.5) is 19.0 Å². The minimum absolute atomic E-state index is 0.0988. The molecule has 0 unspecified atom stereocenters. The molecular formula is C13H12F3N3. The Labute approximate surface area is 107 Å². The van der Waals surface area contributed by atoms with Crippen LogP contribution in [0.3, 0.4) is 0 Å². The molecule has 0 bridgehead atoms. The largest absolute Gasteiger partial charge is 0.383 e. The summed E-state index contributed by atoms with van der Waals surface area (Å²) in [5.41, 5.74) is 6.02. The highest BCUT2D eigenvalue weighted by atomic mass is 19.2. The fourth-order valence-corrected chi connectivity index (χ4v) is 2.41. The van der Waals surface area contributed by atoms with Gasteiger partial charge in [-0.25, -0.2) is 18.2 Å². The van der Waals surface area contributed by atoms with E-state index in [0.29, 0.717) is 11.9 Å². The van der Waals surface area contributed by atoms with Crippen LogP contribution in [0.15, 0.2) is 12.1 Å². The fourth-order valence-electron chi connectivity index (χ4n) is 2.41. The van der Waals surface area contributed by atoms with E-state index in [1.807, 2.05) is 0 Å². The summed E-state index contributed by atoms with van der Waals surface area (Å²) in [5, 5.41) is 0. The molecule has 0 aliphatic carbocycles. The summed E-state index contributed by atoms with van der Waals surface area (Å²) < 4.78 is 41.7. The number of fused-ring (bicyclic) bond motifs is 1. The Morgan fingerprint density at radius 2 is 1.79 bits per heavy atom. The smallest absolute Gasteiger partial charge is 0.161 e. The van der Waals surface area contributed by atoms with Crippen LogP contribution in [0.2, 0.25) is 0 Å². The third kappa shape index (κ3) is 1.87. The number of halogens is 3. The van der Waals surface area contributed by atoms with Gasteiger partial charge in [0.2, 0.25) is 0 Å². The summed E-state index contributed by atoms with van der Waals surface area (Å²) in [5.74, 6) is -2.12. The number of aromatic nitrogens is 2. The molecule has 3 rings (SSSR count). The van der Waals surface area contributed by atoms with Gasteiger partial charge in [0.05, 0.1) is 0 Å². The molecule has 0 radical (unpaired) electrons. The van der Waals surface area contributed by atoms with Crippen molar-refractivity contribution in [2.24, 2.45) is 0 Å². The van der Waals surface area contributed by atoms with Gasteiger partial charge in [-0.3, -0.25) is 0 Å². The van der Waals surface area contributed by atoms with Crippen LogP contribution in [0.1, 0.15) is 18.7 Å². The lowest BCUT2D eigenvalue weighted by Crippen LogP contribution is -2.12. The maximum absolute atomic E-state index is 13.7. The minimum Gasteiger partial charge on any atom is -0.383 e. The number of nitrogen functional groups attached to an aromatic ring is 1. The van der Waals surface area contributed by atoms with Gasteiger partial charge in [0, 0.05) is 24.6 Å². The average molecular weight is 267 g/mol. The van der Waals surface area contributed by atoms with Crippen LogP contribution in [0, 0.1) is 17.5 Å². The molecular weight excluding hydrogens is 255 g/mol. The summed E-state index contributed by atoms with van der Waals surface area (Å²) in [6, 6.07) is 1.32. The Kier molecular flexibility index (Phi) is 2.73. The summed E-state index contributed by atoms with van der Waals surface area (Å²) in [6.45, 7) is 0.722. The van der Waals surface area contributed by atoms with Crippen molar-refractivity contribution >= 4 is 5.82 Å². The Hall–Kier alpha value is -1.98. The number of nitrogens with zero attached hydrogens (tertiary/aromatic N) is 2. The van der Waals surface area contributed by atoms with Gasteiger partial charge in [0.25, 0.3) is 0 Å². The maximum atomic E-state index is 13.7. The van der Waals surface area contributed by atoms with Gasteiger partial charge in [-0.05, 0) is 18.9 Å². The molecule has 0 atom stereocenters. The topological polar surface area (TPSA) is 43.8 Å². The van der Waals surface area contributed by atoms with E-state index in [4.69, 9.17) is 5.73 Å². The van der Waals surface area contributed by atoms with E-state index in [0.717, 1.165) is 37.7 Å². The summed E-state index contributed by atoms with van der Waals surface area (Å²) in [4.78, 5) is 4.26. The molecule has 1 aliphatic rings. The van der Waals surface area contributed by atoms with Crippen LogP contribution in [0.5, 0.6) is 0 Å². The number of aryl methyl sites for hydroxylation is 1. The molecule has 100 valence electrons. The first-order valence-electron chi connectivity index (χ1n) is 6.07. The normalized spacial score (nSPS) is 14.5. The SMILES string of the molecule is Nc1c(-c2cc(F)c(F)cc2F)nc2n1CCCC2. The van der Waals surface area contributed by atoms with E-state index in [9.17, 15) is 13.2 Å². The Bertz CT molecular complexity index is 649. The van der Waals surface area contributed by atoms with Gasteiger partial charge in [-0.1, -0.05) is 0 Å². The predicted molar refractivity (Wildman–Crippen MR) is 64.9 cm³/mol. The van der Waals surface area contributed by atoms with Crippen molar-refractivity contribution in [2.45, 2.75) is 25.8 Å². The van der Waals surface area contributed by atoms with E-state index in [2.05, 4.69) is 4.98 Å². The van der Waals surface area contributed by atoms with Gasteiger partial charge in [-0.15, -0.1) is 0 Å². The number of nitrogens with two attached hydrogens (primary N) is 1. The first-order chi connectivity index (χ1) is 9.08.